The van der Waals surface area contributed by atoms with Gasteiger partial charge in [0, 0.05) is 28.7 Å². The third-order valence-electron chi connectivity index (χ3n) is 3.00. The van der Waals surface area contributed by atoms with Crippen molar-refractivity contribution in [3.63, 3.8) is 0 Å². The molecule has 2 aromatic rings. The fraction of sp³-hybridized carbons (Fsp3) is 0.333. The van der Waals surface area contributed by atoms with E-state index in [1.807, 2.05) is 16.8 Å². The Morgan fingerprint density at radius 3 is 3.00 bits per heavy atom. The van der Waals surface area contributed by atoms with Gasteiger partial charge in [-0.3, -0.25) is 9.69 Å². The summed E-state index contributed by atoms with van der Waals surface area (Å²) in [6, 6.07) is 2.00. The van der Waals surface area contributed by atoms with Crippen molar-refractivity contribution in [2.45, 2.75) is 6.42 Å². The number of thiazole rings is 1. The van der Waals surface area contributed by atoms with Crippen molar-refractivity contribution < 1.29 is 4.79 Å². The number of halogens is 2. The average Bonchev–Trinajstić information content (AvgIpc) is 3.07. The molecule has 0 radical (unpaired) electrons. The number of nitrogens with zero attached hydrogens (tertiary/aromatic N) is 2. The molecule has 1 unspecified atom stereocenters. The molecule has 100 valence electrons. The molecule has 0 spiro atoms. The molecule has 0 aliphatic carbocycles. The lowest BCUT2D eigenvalue weighted by atomic mass is 10.2. The summed E-state index contributed by atoms with van der Waals surface area (Å²) in [5.41, 5.74) is 0.920. The number of amides is 1. The number of rotatable bonds is 3. The maximum Gasteiger partial charge on any atom is 0.229 e. The van der Waals surface area contributed by atoms with E-state index in [1.54, 1.807) is 16.2 Å². The van der Waals surface area contributed by atoms with Gasteiger partial charge in [0.1, 0.15) is 0 Å². The quantitative estimate of drug-likeness (QED) is 0.750. The fourth-order valence-electron chi connectivity index (χ4n) is 2.04. The minimum absolute atomic E-state index is 0.122. The van der Waals surface area contributed by atoms with E-state index in [0.717, 1.165) is 20.2 Å². The van der Waals surface area contributed by atoms with Crippen LogP contribution in [0.2, 0.25) is 0 Å². The van der Waals surface area contributed by atoms with Gasteiger partial charge in [0.15, 0.2) is 5.13 Å². The van der Waals surface area contributed by atoms with E-state index in [1.165, 1.54) is 11.3 Å². The number of hydrogen-bond donors (Lipinski definition) is 0. The van der Waals surface area contributed by atoms with Gasteiger partial charge in [-0.25, -0.2) is 4.98 Å². The molecule has 3 heterocycles. The zero-order valence-electron chi connectivity index (χ0n) is 9.81. The highest BCUT2D eigenvalue weighted by Gasteiger charge is 2.31. The average molecular weight is 378 g/mol. The summed E-state index contributed by atoms with van der Waals surface area (Å²) < 4.78 is 1.04. The number of carbonyl (C=O) groups is 1. The number of hydrogen-bond acceptors (Lipinski definition) is 4. The predicted molar refractivity (Wildman–Crippen MR) is 84.3 cm³/mol. The molecule has 19 heavy (non-hydrogen) atoms. The van der Waals surface area contributed by atoms with Crippen molar-refractivity contribution in [1.82, 2.24) is 4.98 Å². The molecule has 0 N–H and O–H groups in total. The van der Waals surface area contributed by atoms with E-state index in [-0.39, 0.29) is 11.8 Å². The summed E-state index contributed by atoms with van der Waals surface area (Å²) in [7, 11) is 0. The van der Waals surface area contributed by atoms with E-state index in [0.29, 0.717) is 18.8 Å². The van der Waals surface area contributed by atoms with Gasteiger partial charge in [-0.05, 0) is 33.3 Å². The van der Waals surface area contributed by atoms with Crippen LogP contribution in [-0.2, 0) is 4.79 Å². The molecule has 2 aromatic heterocycles. The minimum Gasteiger partial charge on any atom is -0.288 e. The van der Waals surface area contributed by atoms with Crippen molar-refractivity contribution >= 4 is 61.2 Å². The predicted octanol–water partition coefficient (Wildman–Crippen LogP) is 4.23. The number of aromatic nitrogens is 1. The standard InChI is InChI=1S/C12H10BrClN2OS2/c13-8-1-2-18-11(8)9-6-19-12(15-9)16-5-7(4-14)3-10(16)17/h1-2,6-7H,3-5H2. The SMILES string of the molecule is O=C1CC(CCl)CN1c1nc(-c2sccc2Br)cs1. The summed E-state index contributed by atoms with van der Waals surface area (Å²) in [6.07, 6.45) is 0.529. The lowest BCUT2D eigenvalue weighted by Gasteiger charge is -2.11. The first-order valence-electron chi connectivity index (χ1n) is 5.74. The molecule has 1 saturated heterocycles. The maximum atomic E-state index is 11.9. The van der Waals surface area contributed by atoms with E-state index < -0.39 is 0 Å². The number of anilines is 1. The van der Waals surface area contributed by atoms with Crippen molar-refractivity contribution in [2.75, 3.05) is 17.3 Å². The Kier molecular flexibility index (Phi) is 3.93. The summed E-state index contributed by atoms with van der Waals surface area (Å²) in [5.74, 6) is 0.892. The highest BCUT2D eigenvalue weighted by Crippen LogP contribution is 2.37. The van der Waals surface area contributed by atoms with Gasteiger partial charge in [-0.1, -0.05) is 0 Å². The molecule has 1 aliphatic heterocycles. The molecule has 3 rings (SSSR count). The first-order chi connectivity index (χ1) is 9.19. The first-order valence-corrected chi connectivity index (χ1v) is 8.83. The lowest BCUT2D eigenvalue weighted by molar-refractivity contribution is -0.117. The summed E-state index contributed by atoms with van der Waals surface area (Å²) >= 11 is 12.5. The third-order valence-corrected chi connectivity index (χ3v) is 6.16. The van der Waals surface area contributed by atoms with Gasteiger partial charge in [-0.2, -0.15) is 0 Å². The Labute approximate surface area is 132 Å². The lowest BCUT2D eigenvalue weighted by Crippen LogP contribution is -2.24. The molecule has 7 heteroatoms. The Morgan fingerprint density at radius 1 is 1.53 bits per heavy atom. The number of thiophene rings is 1. The van der Waals surface area contributed by atoms with Crippen LogP contribution in [0.3, 0.4) is 0 Å². The Balaban J connectivity index is 1.86. The largest absolute Gasteiger partial charge is 0.288 e. The number of alkyl halides is 1. The van der Waals surface area contributed by atoms with E-state index in [9.17, 15) is 4.79 Å². The third kappa shape index (κ3) is 2.59. The second kappa shape index (κ2) is 5.52. The van der Waals surface area contributed by atoms with E-state index in [2.05, 4.69) is 20.9 Å². The molecule has 0 saturated carbocycles. The van der Waals surface area contributed by atoms with Gasteiger partial charge in [-0.15, -0.1) is 34.3 Å². The molecule has 1 aliphatic rings. The smallest absolute Gasteiger partial charge is 0.229 e. The van der Waals surface area contributed by atoms with Crippen LogP contribution >= 0.6 is 50.2 Å². The summed E-state index contributed by atoms with van der Waals surface area (Å²) in [5, 5.41) is 4.78. The van der Waals surface area contributed by atoms with Crippen molar-refractivity contribution in [2.24, 2.45) is 5.92 Å². The van der Waals surface area contributed by atoms with Gasteiger partial charge < -0.3 is 0 Å². The van der Waals surface area contributed by atoms with E-state index in [4.69, 9.17) is 11.6 Å². The van der Waals surface area contributed by atoms with Crippen LogP contribution in [0.15, 0.2) is 21.3 Å². The Hall–Kier alpha value is -0.430. The Morgan fingerprint density at radius 2 is 2.37 bits per heavy atom. The summed E-state index contributed by atoms with van der Waals surface area (Å²) in [4.78, 5) is 19.4. The zero-order chi connectivity index (χ0) is 13.4. The van der Waals surface area contributed by atoms with Crippen LogP contribution in [0.1, 0.15) is 6.42 Å². The molecular formula is C12H10BrClN2OS2. The summed E-state index contributed by atoms with van der Waals surface area (Å²) in [6.45, 7) is 0.681. The molecule has 3 nitrogen and oxygen atoms in total. The van der Waals surface area contributed by atoms with Gasteiger partial charge >= 0.3 is 0 Å². The van der Waals surface area contributed by atoms with Crippen LogP contribution in [0.5, 0.6) is 0 Å². The zero-order valence-corrected chi connectivity index (χ0v) is 13.8. The monoisotopic (exact) mass is 376 g/mol. The van der Waals surface area contributed by atoms with Gasteiger partial charge in [0.05, 0.1) is 10.6 Å². The molecule has 1 fully saturated rings. The van der Waals surface area contributed by atoms with Crippen molar-refractivity contribution in [3.8, 4) is 10.6 Å². The van der Waals surface area contributed by atoms with Gasteiger partial charge in [0.2, 0.25) is 5.91 Å². The maximum absolute atomic E-state index is 11.9. The van der Waals surface area contributed by atoms with Crippen LogP contribution in [0.4, 0.5) is 5.13 Å². The van der Waals surface area contributed by atoms with Crippen LogP contribution in [-0.4, -0.2) is 23.3 Å². The van der Waals surface area contributed by atoms with Crippen LogP contribution in [0, 0.1) is 5.92 Å². The van der Waals surface area contributed by atoms with E-state index >= 15 is 0 Å². The highest BCUT2D eigenvalue weighted by atomic mass is 79.9. The number of carbonyl (C=O) groups excluding carboxylic acids is 1. The van der Waals surface area contributed by atoms with Crippen LogP contribution in [0.25, 0.3) is 10.6 Å². The topological polar surface area (TPSA) is 33.2 Å². The van der Waals surface area contributed by atoms with Crippen molar-refractivity contribution in [3.05, 3.63) is 21.3 Å². The normalized spacial score (nSPS) is 19.4. The highest BCUT2D eigenvalue weighted by molar-refractivity contribution is 9.10. The molecule has 1 amide bonds. The minimum atomic E-state index is 0.122. The van der Waals surface area contributed by atoms with Gasteiger partial charge in [0.25, 0.3) is 0 Å². The van der Waals surface area contributed by atoms with Crippen molar-refractivity contribution in [1.29, 1.82) is 0 Å². The Bertz CT molecular complexity index is 612. The molecule has 0 aromatic carbocycles. The molecular weight excluding hydrogens is 368 g/mol. The molecule has 1 atom stereocenters. The second-order valence-corrected chi connectivity index (χ2v) is 7.26. The van der Waals surface area contributed by atoms with Crippen LogP contribution < -0.4 is 4.90 Å². The second-order valence-electron chi connectivity index (χ2n) is 4.34. The fourth-order valence-corrected chi connectivity index (χ4v) is 4.70. The first kappa shape index (κ1) is 13.5. The molecule has 0 bridgehead atoms.